The Kier molecular flexibility index (Phi) is 34.5. The van der Waals surface area contributed by atoms with E-state index in [1.165, 1.54) is 183 Å². The maximum Gasteiger partial charge on any atom is 0.447 e. The molecule has 4 amide bonds. The summed E-state index contributed by atoms with van der Waals surface area (Å²) in [5, 5.41) is -13.2. The van der Waals surface area contributed by atoms with Gasteiger partial charge in [0.25, 0.3) is 0 Å². The van der Waals surface area contributed by atoms with Crippen molar-refractivity contribution in [2.45, 2.75) is 80.1 Å². The zero-order chi connectivity index (χ0) is 86.8. The molecular formula is C75H71F9N4O23S4. The molecule has 4 atom stereocenters. The number of anilines is 3. The smallest absolute Gasteiger partial charge is 0.447 e. The molecule has 115 heavy (non-hydrogen) atoms. The molecule has 0 saturated heterocycles. The van der Waals surface area contributed by atoms with Crippen LogP contribution in [0.2, 0.25) is 0 Å². The molecule has 0 aromatic heterocycles. The molecule has 7 rings (SSSR count). The number of carbonyl (C=O) groups excluding carboxylic acids is 9. The minimum Gasteiger partial charge on any atom is -0.495 e. The predicted octanol–water partition coefficient (Wildman–Crippen LogP) is 12.0. The van der Waals surface area contributed by atoms with E-state index >= 15 is 0 Å². The molecule has 0 radical (unpaired) electrons. The number of esters is 1. The quantitative estimate of drug-likeness (QED) is 0.00716. The van der Waals surface area contributed by atoms with Crippen LogP contribution in [0.25, 0.3) is 18.2 Å². The lowest BCUT2D eigenvalue weighted by Crippen LogP contribution is -2.48. The van der Waals surface area contributed by atoms with Crippen molar-refractivity contribution in [3.05, 3.63) is 259 Å². The van der Waals surface area contributed by atoms with Crippen molar-refractivity contribution in [2.75, 3.05) is 36.2 Å². The topological polar surface area (TPSA) is 394 Å². The van der Waals surface area contributed by atoms with Gasteiger partial charge in [-0.3, -0.25) is 55.1 Å². The van der Waals surface area contributed by atoms with Gasteiger partial charge in [0.05, 0.1) is 25.0 Å². The fourth-order valence-electron chi connectivity index (χ4n) is 8.51. The van der Waals surface area contributed by atoms with Crippen LogP contribution in [0.15, 0.2) is 214 Å². The third-order valence-electron chi connectivity index (χ3n) is 14.7. The van der Waals surface area contributed by atoms with Crippen LogP contribution in [0, 0.1) is 5.82 Å². The Hall–Kier alpha value is -11.7. The highest BCUT2D eigenvalue weighted by molar-refractivity contribution is 7.89. The first kappa shape index (κ1) is 95.7. The molecule has 0 heterocycles. The lowest BCUT2D eigenvalue weighted by Gasteiger charge is -2.19. The molecule has 0 fully saturated rings. The summed E-state index contributed by atoms with van der Waals surface area (Å²) >= 11 is 0. The molecule has 616 valence electrons. The highest BCUT2D eigenvalue weighted by Gasteiger charge is 2.58. The van der Waals surface area contributed by atoms with Gasteiger partial charge in [-0.1, -0.05) is 190 Å². The van der Waals surface area contributed by atoms with Crippen LogP contribution in [-0.2, 0) is 85.9 Å². The van der Waals surface area contributed by atoms with Crippen molar-refractivity contribution in [3.8, 4) is 5.75 Å². The lowest BCUT2D eigenvalue weighted by molar-refractivity contribution is -0.141. The van der Waals surface area contributed by atoms with Crippen LogP contribution >= 0.6 is 0 Å². The Balaban J connectivity index is 0.000000323. The normalized spacial score (nSPS) is 12.8. The van der Waals surface area contributed by atoms with Crippen LogP contribution < -0.4 is 26.0 Å². The lowest BCUT2D eigenvalue weighted by atomic mass is 10.1. The molecule has 7 aromatic rings. The van der Waals surface area contributed by atoms with E-state index in [2.05, 4.69) is 47.8 Å². The molecule has 0 aliphatic carbocycles. The van der Waals surface area contributed by atoms with Crippen LogP contribution in [0.5, 0.6) is 5.75 Å². The first-order valence-electron chi connectivity index (χ1n) is 32.6. The molecular weight excluding hydrogens is 1620 g/mol. The zero-order valence-corrected chi connectivity index (χ0v) is 64.3. The maximum absolute atomic E-state index is 14.4. The number of alkyl halides is 8. The fourth-order valence-corrected chi connectivity index (χ4v) is 12.0. The molecule has 0 bridgehead atoms. The summed E-state index contributed by atoms with van der Waals surface area (Å²) in [4.78, 5) is 107. The third-order valence-corrected chi connectivity index (χ3v) is 20.1. The molecule has 40 heteroatoms. The highest BCUT2D eigenvalue weighted by atomic mass is 32.2. The molecule has 4 unspecified atom stereocenters. The number of methoxy groups -OCH3 is 1. The number of amides is 4. The molecule has 0 saturated carbocycles. The van der Waals surface area contributed by atoms with Crippen molar-refractivity contribution >= 4 is 128 Å². The molecule has 4 N–H and O–H groups in total. The number of hydrogen-bond donors (Lipinski definition) is 4. The van der Waals surface area contributed by atoms with Crippen molar-refractivity contribution in [1.29, 1.82) is 0 Å². The highest BCUT2D eigenvalue weighted by Crippen LogP contribution is 2.34. The Morgan fingerprint density at radius 1 is 0.409 bits per heavy atom. The van der Waals surface area contributed by atoms with Gasteiger partial charge in [0, 0.05) is 33.5 Å². The average Bonchev–Trinajstić information content (AvgIpc) is 0.806. The maximum atomic E-state index is 14.4. The van der Waals surface area contributed by atoms with E-state index in [1.54, 1.807) is 40.2 Å². The first-order valence-corrected chi connectivity index (χ1v) is 38.2. The van der Waals surface area contributed by atoms with Gasteiger partial charge >= 0.3 is 91.1 Å². The van der Waals surface area contributed by atoms with Crippen molar-refractivity contribution in [1.82, 2.24) is 5.32 Å². The number of Topliss-reactive ketones (excluding diaryl/α,β-unsaturated/α-hetero) is 4. The Morgan fingerprint density at radius 3 is 1.00 bits per heavy atom. The molecule has 0 aliphatic heterocycles. The van der Waals surface area contributed by atoms with E-state index in [-0.39, 0.29) is 45.0 Å². The van der Waals surface area contributed by atoms with E-state index in [9.17, 15) is 116 Å². The Bertz CT molecular complexity index is 5210. The second-order valence-corrected chi connectivity index (χ2v) is 29.7. The number of rotatable bonds is 35. The van der Waals surface area contributed by atoms with Gasteiger partial charge in [-0.15, -0.1) is 0 Å². The van der Waals surface area contributed by atoms with Crippen LogP contribution in [0.1, 0.15) is 92.7 Å². The van der Waals surface area contributed by atoms with E-state index < -0.39 is 163 Å². The summed E-state index contributed by atoms with van der Waals surface area (Å²) in [5.74, 6) is -14.0. The van der Waals surface area contributed by atoms with Crippen LogP contribution in [0.4, 0.5) is 56.6 Å². The van der Waals surface area contributed by atoms with Gasteiger partial charge in [-0.25, -0.2) is 9.18 Å². The van der Waals surface area contributed by atoms with Gasteiger partial charge < -0.3 is 30.7 Å². The van der Waals surface area contributed by atoms with Gasteiger partial charge in [-0.05, 0) is 87.7 Å². The van der Waals surface area contributed by atoms with E-state index in [0.717, 1.165) is 39.8 Å². The Labute approximate surface area is 653 Å². The summed E-state index contributed by atoms with van der Waals surface area (Å²) in [6.07, 6.45) is -2.84. The summed E-state index contributed by atoms with van der Waals surface area (Å²) < 4.78 is 250. The number of benzene rings is 7. The number of halogens is 9. The largest absolute Gasteiger partial charge is 0.495 e. The molecule has 7 aromatic carbocycles. The van der Waals surface area contributed by atoms with Crippen LogP contribution in [-0.4, -0.2) is 152 Å². The molecule has 27 nitrogen and oxygen atoms in total. The molecule has 0 aliphatic rings. The van der Waals surface area contributed by atoms with Crippen molar-refractivity contribution in [2.24, 2.45) is 0 Å². The summed E-state index contributed by atoms with van der Waals surface area (Å²) in [6, 6.07) is 42.2. The van der Waals surface area contributed by atoms with Crippen molar-refractivity contribution in [3.63, 3.8) is 0 Å². The van der Waals surface area contributed by atoms with Gasteiger partial charge in [-0.2, -0.15) is 68.8 Å². The SMILES string of the molecule is C=C(C)C(=O)OCCNC(=O)C(F)(F)S(=O)(=O)OC(C)C(=O)c1ccccc1.C=Cc1ccc(NC(=O)C(F)(F)S(=O)(=O)OC(C)C(=O)c2ccccc2)c(F)c1.C=Cc1ccc(NC(=O)C(F)(F)S(=O)(=O)OC(C)C(=O)c2ccccc2)c(OC)c1.C=Cc1ccc(NC(=O)C(F)(F)S(=O)(=O)OC(C)C(=O)c2ccccc2)cc1. The van der Waals surface area contributed by atoms with E-state index in [0.29, 0.717) is 16.7 Å². The molecule has 0 spiro atoms. The second-order valence-electron chi connectivity index (χ2n) is 23.2. The number of ketones is 4. The van der Waals surface area contributed by atoms with E-state index in [1.807, 2.05) is 0 Å². The minimum absolute atomic E-state index is 0.0162. The average molecular weight is 1700 g/mol. The number of hydrogen-bond acceptors (Lipinski definition) is 23. The monoisotopic (exact) mass is 1690 g/mol. The van der Waals surface area contributed by atoms with Gasteiger partial charge in [0.15, 0.2) is 23.1 Å². The van der Waals surface area contributed by atoms with E-state index in [4.69, 9.17) is 4.74 Å². The fraction of sp³-hybridized carbons (Fsp3) is 0.213. The first-order chi connectivity index (χ1) is 53.5. The van der Waals surface area contributed by atoms with Crippen molar-refractivity contribution < 1.29 is 143 Å². The number of ether oxygens (including phenoxy) is 2. The van der Waals surface area contributed by atoms with Gasteiger partial charge in [0.1, 0.15) is 42.6 Å². The summed E-state index contributed by atoms with van der Waals surface area (Å²) in [5.41, 5.74) is 0.986. The number of nitrogens with one attached hydrogen (secondary N) is 4. The number of carbonyl (C=O) groups is 9. The summed E-state index contributed by atoms with van der Waals surface area (Å²) in [6.45, 7) is 18.0. The minimum atomic E-state index is -5.86. The van der Waals surface area contributed by atoms with Gasteiger partial charge in [0.2, 0.25) is 0 Å². The Morgan fingerprint density at radius 2 is 0.696 bits per heavy atom. The third kappa shape index (κ3) is 25.9. The summed E-state index contributed by atoms with van der Waals surface area (Å²) in [7, 11) is -21.9. The predicted molar refractivity (Wildman–Crippen MR) is 402 cm³/mol. The standard InChI is InChI=1S/C20H19F2NO6S.C19H16F3NO5S.C19H17F2NO5S.C17H19F2NO7S/c1-4-14-10-11-16(17(12-14)28-3)23-19(25)20(21,22)30(26,27)29-13(2)18(24)15-8-6-5-7-9-15;1-3-13-9-10-16(15(20)11-13)23-18(25)19(21,22)29(26,27)28-12(2)17(24)14-7-5-4-6-8-14;1-3-14-9-11-16(12-10-14)22-18(24)19(20,21)28(25,26)27-13(2)17(23)15-7-5-4-6-8-15;1-11(2)15(22)26-10-9-20-16(23)17(18,19)28(24,25)27-12(3)14(21)13-7-5-4-6-8-13/h4-13H,1H2,2-3H3,(H,23,25);3-12H,1H2,2H3,(H,23,25);3-13H,1H2,2H3,(H,22,24);4-8,12H,1,9-10H2,2-3H3,(H,20,23). The van der Waals surface area contributed by atoms with Crippen LogP contribution in [0.3, 0.4) is 0 Å². The second kappa shape index (κ2) is 41.4. The zero-order valence-electron chi connectivity index (χ0n) is 61.0.